The number of ether oxygens (including phenoxy) is 1. The average molecular weight is 240 g/mol. The van der Waals surface area contributed by atoms with Crippen molar-refractivity contribution in [2.75, 3.05) is 6.61 Å². The predicted molar refractivity (Wildman–Crippen MR) is 70.3 cm³/mol. The molecule has 2 aliphatic carbocycles. The van der Waals surface area contributed by atoms with E-state index in [0.29, 0.717) is 18.4 Å². The molecule has 2 heteroatoms. The van der Waals surface area contributed by atoms with Gasteiger partial charge in [0, 0.05) is 18.8 Å². The van der Waals surface area contributed by atoms with Gasteiger partial charge in [-0.25, -0.2) is 0 Å². The third-order valence-corrected chi connectivity index (χ3v) is 3.86. The largest absolute Gasteiger partial charge is 0.465 e. The van der Waals surface area contributed by atoms with Gasteiger partial charge < -0.3 is 4.74 Å². The minimum Gasteiger partial charge on any atom is -0.465 e. The molecule has 0 aliphatic heterocycles. The van der Waals surface area contributed by atoms with Gasteiger partial charge in [0.15, 0.2) is 0 Å². The minimum absolute atomic E-state index is 0.203. The number of rotatable bonds is 2. The Bertz CT molecular complexity index is 528. The van der Waals surface area contributed by atoms with Crippen LogP contribution in [0.15, 0.2) is 48.6 Å². The second-order valence-electron chi connectivity index (χ2n) is 4.91. The van der Waals surface area contributed by atoms with Gasteiger partial charge >= 0.3 is 5.97 Å². The van der Waals surface area contributed by atoms with Gasteiger partial charge in [-0.1, -0.05) is 48.6 Å². The Kier molecular flexibility index (Phi) is 2.78. The van der Waals surface area contributed by atoms with Gasteiger partial charge in [-0.05, 0) is 17.0 Å². The zero-order chi connectivity index (χ0) is 12.5. The fourth-order valence-corrected chi connectivity index (χ4v) is 3.09. The van der Waals surface area contributed by atoms with E-state index in [1.807, 2.05) is 0 Å². The molecular formula is C16H16O2. The van der Waals surface area contributed by atoms with Crippen LogP contribution in [-0.2, 0) is 9.53 Å². The number of carbonyl (C=O) groups excluding carboxylic acids is 1. The van der Waals surface area contributed by atoms with Crippen LogP contribution in [0, 0.1) is 5.92 Å². The van der Waals surface area contributed by atoms with E-state index in [4.69, 9.17) is 4.74 Å². The van der Waals surface area contributed by atoms with E-state index >= 15 is 0 Å². The van der Waals surface area contributed by atoms with Crippen molar-refractivity contribution in [3.8, 4) is 0 Å². The maximum Gasteiger partial charge on any atom is 0.302 e. The normalized spacial score (nSPS) is 27.7. The maximum absolute atomic E-state index is 11.0. The van der Waals surface area contributed by atoms with Crippen molar-refractivity contribution in [2.45, 2.75) is 18.8 Å². The molecule has 0 heterocycles. The highest BCUT2D eigenvalue weighted by Gasteiger charge is 2.38. The van der Waals surface area contributed by atoms with Crippen molar-refractivity contribution in [3.05, 3.63) is 59.7 Å². The number of esters is 1. The SMILES string of the molecule is CC(=O)OCC1c2ccccc2C2C=CC=CC21. The molecule has 18 heavy (non-hydrogen) atoms. The molecule has 0 bridgehead atoms. The van der Waals surface area contributed by atoms with Gasteiger partial charge in [0.25, 0.3) is 0 Å². The second kappa shape index (κ2) is 4.45. The smallest absolute Gasteiger partial charge is 0.302 e. The fraction of sp³-hybridized carbons (Fsp3) is 0.312. The lowest BCUT2D eigenvalue weighted by Crippen LogP contribution is -2.17. The van der Waals surface area contributed by atoms with Gasteiger partial charge in [0.05, 0.1) is 6.61 Å². The number of hydrogen-bond donors (Lipinski definition) is 0. The van der Waals surface area contributed by atoms with Gasteiger partial charge in [-0.2, -0.15) is 0 Å². The molecule has 0 saturated heterocycles. The zero-order valence-corrected chi connectivity index (χ0v) is 10.4. The number of allylic oxidation sites excluding steroid dienone is 4. The van der Waals surface area contributed by atoms with Crippen LogP contribution in [0.25, 0.3) is 0 Å². The van der Waals surface area contributed by atoms with Crippen LogP contribution < -0.4 is 0 Å². The lowest BCUT2D eigenvalue weighted by atomic mass is 9.84. The summed E-state index contributed by atoms with van der Waals surface area (Å²) in [7, 11) is 0. The molecule has 1 aromatic carbocycles. The van der Waals surface area contributed by atoms with Crippen molar-refractivity contribution in [2.24, 2.45) is 5.92 Å². The highest BCUT2D eigenvalue weighted by molar-refractivity contribution is 5.66. The highest BCUT2D eigenvalue weighted by atomic mass is 16.5. The molecule has 3 unspecified atom stereocenters. The molecule has 2 aliphatic rings. The van der Waals surface area contributed by atoms with E-state index in [1.165, 1.54) is 18.1 Å². The monoisotopic (exact) mass is 240 g/mol. The molecule has 0 spiro atoms. The maximum atomic E-state index is 11.0. The van der Waals surface area contributed by atoms with Crippen LogP contribution >= 0.6 is 0 Å². The van der Waals surface area contributed by atoms with E-state index < -0.39 is 0 Å². The Morgan fingerprint density at radius 2 is 1.89 bits per heavy atom. The Balaban J connectivity index is 1.95. The zero-order valence-electron chi connectivity index (χ0n) is 10.4. The van der Waals surface area contributed by atoms with Crippen LogP contribution in [0.1, 0.15) is 29.9 Å². The van der Waals surface area contributed by atoms with E-state index in [2.05, 4.69) is 48.6 Å². The Morgan fingerprint density at radius 1 is 1.17 bits per heavy atom. The topological polar surface area (TPSA) is 26.3 Å². The van der Waals surface area contributed by atoms with Gasteiger partial charge in [-0.3, -0.25) is 4.79 Å². The molecule has 2 nitrogen and oxygen atoms in total. The summed E-state index contributed by atoms with van der Waals surface area (Å²) in [5.41, 5.74) is 2.70. The van der Waals surface area contributed by atoms with Gasteiger partial charge in [-0.15, -0.1) is 0 Å². The van der Waals surface area contributed by atoms with E-state index in [9.17, 15) is 4.79 Å². The van der Waals surface area contributed by atoms with Crippen molar-refractivity contribution < 1.29 is 9.53 Å². The summed E-state index contributed by atoms with van der Waals surface area (Å²) < 4.78 is 5.23. The fourth-order valence-electron chi connectivity index (χ4n) is 3.09. The third kappa shape index (κ3) is 1.78. The summed E-state index contributed by atoms with van der Waals surface area (Å²) in [6, 6.07) is 8.48. The summed E-state index contributed by atoms with van der Waals surface area (Å²) in [6.45, 7) is 1.95. The summed E-state index contributed by atoms with van der Waals surface area (Å²) in [6.07, 6.45) is 8.68. The van der Waals surface area contributed by atoms with Crippen LogP contribution in [0.3, 0.4) is 0 Å². The van der Waals surface area contributed by atoms with Crippen LogP contribution in [0.5, 0.6) is 0 Å². The molecule has 1 aromatic rings. The highest BCUT2D eigenvalue weighted by Crippen LogP contribution is 2.49. The van der Waals surface area contributed by atoms with Crippen molar-refractivity contribution >= 4 is 5.97 Å². The Morgan fingerprint density at radius 3 is 2.67 bits per heavy atom. The molecule has 0 amide bonds. The van der Waals surface area contributed by atoms with Gasteiger partial charge in [0.1, 0.15) is 0 Å². The van der Waals surface area contributed by atoms with E-state index in [0.717, 1.165) is 0 Å². The third-order valence-electron chi connectivity index (χ3n) is 3.86. The number of fused-ring (bicyclic) bond motifs is 3. The Hall–Kier alpha value is -1.83. The van der Waals surface area contributed by atoms with Crippen molar-refractivity contribution in [1.29, 1.82) is 0 Å². The van der Waals surface area contributed by atoms with Crippen LogP contribution in [-0.4, -0.2) is 12.6 Å². The van der Waals surface area contributed by atoms with E-state index in [-0.39, 0.29) is 11.9 Å². The van der Waals surface area contributed by atoms with Crippen molar-refractivity contribution in [1.82, 2.24) is 0 Å². The Labute approximate surface area is 107 Å². The lowest BCUT2D eigenvalue weighted by molar-refractivity contribution is -0.141. The molecular weight excluding hydrogens is 224 g/mol. The minimum atomic E-state index is -0.203. The molecule has 3 atom stereocenters. The summed E-state index contributed by atoms with van der Waals surface area (Å²) in [5, 5.41) is 0. The quantitative estimate of drug-likeness (QED) is 0.742. The summed E-state index contributed by atoms with van der Waals surface area (Å²) in [5.74, 6) is 0.945. The van der Waals surface area contributed by atoms with E-state index in [1.54, 1.807) is 0 Å². The lowest BCUT2D eigenvalue weighted by Gasteiger charge is -2.22. The van der Waals surface area contributed by atoms with Gasteiger partial charge in [0.2, 0.25) is 0 Å². The number of benzene rings is 1. The summed E-state index contributed by atoms with van der Waals surface area (Å²) in [4.78, 5) is 11.0. The number of hydrogen-bond acceptors (Lipinski definition) is 2. The second-order valence-corrected chi connectivity index (χ2v) is 4.91. The molecule has 92 valence electrons. The first-order valence-electron chi connectivity index (χ1n) is 6.34. The molecule has 0 N–H and O–H groups in total. The molecule has 0 radical (unpaired) electrons. The first kappa shape index (κ1) is 11.3. The first-order chi connectivity index (χ1) is 8.77. The average Bonchev–Trinajstić information content (AvgIpc) is 2.71. The van der Waals surface area contributed by atoms with Crippen LogP contribution in [0.2, 0.25) is 0 Å². The molecule has 0 aromatic heterocycles. The van der Waals surface area contributed by atoms with Crippen LogP contribution in [0.4, 0.5) is 0 Å². The first-order valence-corrected chi connectivity index (χ1v) is 6.34. The van der Waals surface area contributed by atoms with Crippen molar-refractivity contribution in [3.63, 3.8) is 0 Å². The summed E-state index contributed by atoms with van der Waals surface area (Å²) >= 11 is 0. The molecule has 3 rings (SSSR count). The molecule has 0 fully saturated rings. The number of carbonyl (C=O) groups is 1. The standard InChI is InChI=1S/C16H16O2/c1-11(17)18-10-16-14-8-4-2-6-12(14)13-7-3-5-9-15(13)16/h2-9,12,14,16H,10H2,1H3. The molecule has 0 saturated carbocycles. The predicted octanol–water partition coefficient (Wildman–Crippen LogP) is 3.17.